The lowest BCUT2D eigenvalue weighted by Crippen LogP contribution is -1.98. The molecule has 2 aromatic rings. The normalized spacial score (nSPS) is 11.0. The second-order valence-corrected chi connectivity index (χ2v) is 4.78. The van der Waals surface area contributed by atoms with Crippen LogP contribution >= 0.6 is 0 Å². The first-order chi connectivity index (χ1) is 10.4. The minimum absolute atomic E-state index is 0.0599. The Morgan fingerprint density at radius 1 is 1.41 bits per heavy atom. The van der Waals surface area contributed by atoms with E-state index in [2.05, 4.69) is 9.98 Å². The number of rotatable bonds is 4. The van der Waals surface area contributed by atoms with Crippen LogP contribution in [0.4, 0.5) is 11.4 Å². The Morgan fingerprint density at radius 3 is 2.77 bits per heavy atom. The topological polar surface area (TPSA) is 109 Å². The van der Waals surface area contributed by atoms with Crippen LogP contribution in [0.3, 0.4) is 0 Å². The van der Waals surface area contributed by atoms with Gasteiger partial charge in [-0.1, -0.05) is 6.07 Å². The average Bonchev–Trinajstić information content (AvgIpc) is 2.49. The predicted octanol–water partition coefficient (Wildman–Crippen LogP) is 2.56. The second-order valence-electron chi connectivity index (χ2n) is 4.78. The van der Waals surface area contributed by atoms with Crippen molar-refractivity contribution in [3.05, 3.63) is 56.9 Å². The number of pyridine rings is 1. The number of benzene rings is 1. The maximum Gasteiger partial charge on any atom is 0.271 e. The molecule has 0 aliphatic heterocycles. The van der Waals surface area contributed by atoms with Gasteiger partial charge in [-0.3, -0.25) is 20.1 Å². The summed E-state index contributed by atoms with van der Waals surface area (Å²) in [5, 5.41) is 30.1. The molecule has 1 aromatic carbocycles. The average molecular weight is 301 g/mol. The Kier molecular flexibility index (Phi) is 4.47. The van der Waals surface area contributed by atoms with Crippen LogP contribution in [0.5, 0.6) is 5.75 Å². The lowest BCUT2D eigenvalue weighted by Gasteiger charge is -2.07. The van der Waals surface area contributed by atoms with Crippen molar-refractivity contribution in [3.63, 3.8) is 0 Å². The molecule has 0 atom stereocenters. The summed E-state index contributed by atoms with van der Waals surface area (Å²) in [4.78, 5) is 18.5. The van der Waals surface area contributed by atoms with E-state index in [1.165, 1.54) is 24.5 Å². The van der Waals surface area contributed by atoms with Gasteiger partial charge in [-0.25, -0.2) is 0 Å². The molecule has 0 saturated heterocycles. The zero-order valence-electron chi connectivity index (χ0n) is 12.1. The summed E-state index contributed by atoms with van der Waals surface area (Å²) in [6.45, 7) is 3.11. The predicted molar refractivity (Wildman–Crippen MR) is 81.6 cm³/mol. The van der Waals surface area contributed by atoms with Crippen molar-refractivity contribution in [2.24, 2.45) is 4.99 Å². The number of non-ortho nitro benzene ring substituents is 1. The van der Waals surface area contributed by atoms with Gasteiger partial charge in [-0.05, 0) is 19.4 Å². The Balaban J connectivity index is 2.47. The molecule has 0 radical (unpaired) electrons. The van der Waals surface area contributed by atoms with Gasteiger partial charge in [-0.2, -0.15) is 0 Å². The zero-order valence-corrected chi connectivity index (χ0v) is 12.1. The first kappa shape index (κ1) is 15.6. The molecule has 7 heteroatoms. The van der Waals surface area contributed by atoms with Crippen LogP contribution in [-0.2, 0) is 6.61 Å². The van der Waals surface area contributed by atoms with Gasteiger partial charge in [-0.15, -0.1) is 0 Å². The quantitative estimate of drug-likeness (QED) is 0.512. The third-order valence-electron chi connectivity index (χ3n) is 3.26. The largest absolute Gasteiger partial charge is 0.505 e. The fourth-order valence-electron chi connectivity index (χ4n) is 1.91. The van der Waals surface area contributed by atoms with E-state index in [9.17, 15) is 20.3 Å². The summed E-state index contributed by atoms with van der Waals surface area (Å²) in [6, 6.07) is 4.37. The summed E-state index contributed by atoms with van der Waals surface area (Å²) in [5.41, 5.74) is 2.31. The van der Waals surface area contributed by atoms with Crippen molar-refractivity contribution in [2.45, 2.75) is 20.5 Å². The summed E-state index contributed by atoms with van der Waals surface area (Å²) >= 11 is 0. The molecule has 0 fully saturated rings. The van der Waals surface area contributed by atoms with Gasteiger partial charge in [0.15, 0.2) is 0 Å². The number of nitrogens with zero attached hydrogens (tertiary/aromatic N) is 3. The monoisotopic (exact) mass is 301 g/mol. The van der Waals surface area contributed by atoms with Crippen LogP contribution in [0, 0.1) is 24.0 Å². The Hall–Kier alpha value is -2.80. The van der Waals surface area contributed by atoms with Gasteiger partial charge in [0.1, 0.15) is 5.75 Å². The molecule has 0 aliphatic rings. The Bertz CT molecular complexity index is 757. The van der Waals surface area contributed by atoms with Crippen molar-refractivity contribution in [3.8, 4) is 5.75 Å². The van der Waals surface area contributed by atoms with Crippen LogP contribution in [0.1, 0.15) is 22.4 Å². The smallest absolute Gasteiger partial charge is 0.271 e. The third kappa shape index (κ3) is 3.09. The van der Waals surface area contributed by atoms with Crippen molar-refractivity contribution < 1.29 is 15.1 Å². The van der Waals surface area contributed by atoms with Gasteiger partial charge >= 0.3 is 0 Å². The van der Waals surface area contributed by atoms with E-state index >= 15 is 0 Å². The fraction of sp³-hybridized carbons (Fsp3) is 0.200. The summed E-state index contributed by atoms with van der Waals surface area (Å²) in [6.07, 6.45) is 2.83. The maximum absolute atomic E-state index is 10.8. The highest BCUT2D eigenvalue weighted by Crippen LogP contribution is 2.26. The molecule has 0 unspecified atom stereocenters. The number of aromatic nitrogens is 1. The van der Waals surface area contributed by atoms with Gasteiger partial charge in [0.05, 0.1) is 22.9 Å². The molecule has 114 valence electrons. The van der Waals surface area contributed by atoms with Crippen LogP contribution in [-0.4, -0.2) is 26.3 Å². The molecule has 0 amide bonds. The van der Waals surface area contributed by atoms with Crippen LogP contribution in [0.15, 0.2) is 29.4 Å². The highest BCUT2D eigenvalue weighted by molar-refractivity contribution is 5.87. The zero-order chi connectivity index (χ0) is 16.3. The first-order valence-corrected chi connectivity index (χ1v) is 6.51. The van der Waals surface area contributed by atoms with E-state index in [0.29, 0.717) is 22.5 Å². The number of hydrogen-bond acceptors (Lipinski definition) is 6. The van der Waals surface area contributed by atoms with Crippen molar-refractivity contribution in [1.29, 1.82) is 0 Å². The second kappa shape index (κ2) is 6.31. The van der Waals surface area contributed by atoms with Crippen molar-refractivity contribution in [2.75, 3.05) is 0 Å². The molecule has 2 rings (SSSR count). The van der Waals surface area contributed by atoms with E-state index < -0.39 is 4.92 Å². The number of aliphatic hydroxyl groups is 1. The van der Waals surface area contributed by atoms with Crippen LogP contribution < -0.4 is 0 Å². The summed E-state index contributed by atoms with van der Waals surface area (Å²) < 4.78 is 0. The van der Waals surface area contributed by atoms with E-state index in [-0.39, 0.29) is 18.0 Å². The van der Waals surface area contributed by atoms with E-state index in [1.807, 2.05) is 0 Å². The fourth-order valence-corrected chi connectivity index (χ4v) is 1.91. The Labute approximate surface area is 126 Å². The molecule has 1 heterocycles. The summed E-state index contributed by atoms with van der Waals surface area (Å²) in [7, 11) is 0. The summed E-state index contributed by atoms with van der Waals surface area (Å²) in [5.74, 6) is -0.0709. The van der Waals surface area contributed by atoms with Crippen LogP contribution in [0.25, 0.3) is 0 Å². The van der Waals surface area contributed by atoms with Crippen LogP contribution in [0.2, 0.25) is 0 Å². The van der Waals surface area contributed by atoms with Gasteiger partial charge in [0.2, 0.25) is 0 Å². The molecule has 0 aliphatic carbocycles. The number of nitro benzene ring substituents is 1. The highest BCUT2D eigenvalue weighted by Gasteiger charge is 2.11. The number of aliphatic imine (C=N–C) groups is 1. The lowest BCUT2D eigenvalue weighted by molar-refractivity contribution is -0.384. The van der Waals surface area contributed by atoms with E-state index in [4.69, 9.17) is 0 Å². The molecule has 0 spiro atoms. The van der Waals surface area contributed by atoms with Gasteiger partial charge in [0.25, 0.3) is 5.69 Å². The minimum Gasteiger partial charge on any atom is -0.505 e. The van der Waals surface area contributed by atoms with Crippen molar-refractivity contribution in [1.82, 2.24) is 4.98 Å². The minimum atomic E-state index is -0.494. The molecule has 22 heavy (non-hydrogen) atoms. The molecule has 7 nitrogen and oxygen atoms in total. The standard InChI is InChI=1S/C15H15N3O4/c1-9-3-4-12(18(21)22)5-14(9)17-7-13-11(8-19)6-16-10(2)15(13)20/h3-7,19-20H,8H2,1-2H3. The molecule has 1 aromatic heterocycles. The molecule has 0 bridgehead atoms. The number of aliphatic hydroxyl groups excluding tert-OH is 1. The first-order valence-electron chi connectivity index (χ1n) is 6.51. The van der Waals surface area contributed by atoms with Gasteiger partial charge in [0, 0.05) is 35.7 Å². The van der Waals surface area contributed by atoms with E-state index in [0.717, 1.165) is 5.56 Å². The molecular weight excluding hydrogens is 286 g/mol. The third-order valence-corrected chi connectivity index (χ3v) is 3.26. The number of aromatic hydroxyl groups is 1. The van der Waals surface area contributed by atoms with Crippen molar-refractivity contribution >= 4 is 17.6 Å². The molecular formula is C15H15N3O4. The number of hydrogen-bond donors (Lipinski definition) is 2. The maximum atomic E-state index is 10.8. The highest BCUT2D eigenvalue weighted by atomic mass is 16.6. The SMILES string of the molecule is Cc1ccc([N+](=O)[O-])cc1N=Cc1c(CO)cnc(C)c1O. The molecule has 2 N–H and O–H groups in total. The molecule has 0 saturated carbocycles. The Morgan fingerprint density at radius 2 is 2.14 bits per heavy atom. The number of nitro groups is 1. The number of aryl methyl sites for hydroxylation is 2. The van der Waals surface area contributed by atoms with Gasteiger partial charge < -0.3 is 10.2 Å². The lowest BCUT2D eigenvalue weighted by atomic mass is 10.1. The van der Waals surface area contributed by atoms with E-state index in [1.54, 1.807) is 19.9 Å².